The fraction of sp³-hybridized carbons (Fsp3) is 1.00. The van der Waals surface area contributed by atoms with Gasteiger partial charge in [-0.05, 0) is 26.9 Å². The van der Waals surface area contributed by atoms with Crippen molar-refractivity contribution in [2.24, 2.45) is 0 Å². The summed E-state index contributed by atoms with van der Waals surface area (Å²) in [6, 6.07) is -0.0537. The fourth-order valence-electron chi connectivity index (χ4n) is 2.16. The second-order valence-electron chi connectivity index (χ2n) is 4.88. The van der Waals surface area contributed by atoms with Crippen molar-refractivity contribution in [3.63, 3.8) is 0 Å². The summed E-state index contributed by atoms with van der Waals surface area (Å²) in [5.41, 5.74) is 0. The van der Waals surface area contributed by atoms with E-state index in [0.717, 1.165) is 13.1 Å². The summed E-state index contributed by atoms with van der Waals surface area (Å²) in [6.07, 6.45) is -5.39. The number of nitrogens with zero attached hydrogens (tertiary/aromatic N) is 2. The molecule has 0 spiro atoms. The molecule has 0 aromatic heterocycles. The average molecular weight is 254 g/mol. The van der Waals surface area contributed by atoms with Gasteiger partial charge in [-0.3, -0.25) is 4.90 Å². The second-order valence-corrected chi connectivity index (χ2v) is 4.88. The molecule has 1 rings (SSSR count). The van der Waals surface area contributed by atoms with Gasteiger partial charge in [-0.15, -0.1) is 0 Å². The number of alkyl halides is 3. The lowest BCUT2D eigenvalue weighted by Crippen LogP contribution is -2.55. The highest BCUT2D eigenvalue weighted by Gasteiger charge is 2.30. The zero-order valence-corrected chi connectivity index (χ0v) is 10.4. The standard InChI is InChI=1S/C11H21F3N2O/c1-15-6-7-16(2)9(8-15)10(17)4-3-5-11(12,13)14/h9-10,17H,3-8H2,1-2H3. The highest BCUT2D eigenvalue weighted by Crippen LogP contribution is 2.24. The minimum atomic E-state index is -4.12. The first kappa shape index (κ1) is 14.7. The Bertz CT molecular complexity index is 235. The Morgan fingerprint density at radius 2 is 1.94 bits per heavy atom. The largest absolute Gasteiger partial charge is 0.391 e. The summed E-state index contributed by atoms with van der Waals surface area (Å²) >= 11 is 0. The van der Waals surface area contributed by atoms with Crippen LogP contribution in [0.25, 0.3) is 0 Å². The van der Waals surface area contributed by atoms with Gasteiger partial charge in [0.05, 0.1) is 6.10 Å². The number of rotatable bonds is 4. The van der Waals surface area contributed by atoms with Crippen LogP contribution in [-0.4, -0.2) is 67.0 Å². The number of piperazine rings is 1. The van der Waals surface area contributed by atoms with Gasteiger partial charge in [0.15, 0.2) is 0 Å². The Hall–Kier alpha value is -0.330. The number of aliphatic hydroxyl groups excluding tert-OH is 1. The van der Waals surface area contributed by atoms with Crippen molar-refractivity contribution in [2.75, 3.05) is 33.7 Å². The molecule has 0 saturated carbocycles. The SMILES string of the molecule is CN1CCN(C)C(C(O)CCCC(F)(F)F)C1. The van der Waals surface area contributed by atoms with E-state index in [2.05, 4.69) is 4.90 Å². The van der Waals surface area contributed by atoms with Crippen LogP contribution in [0.3, 0.4) is 0 Å². The minimum Gasteiger partial charge on any atom is -0.391 e. The van der Waals surface area contributed by atoms with E-state index < -0.39 is 18.7 Å². The third-order valence-corrected chi connectivity index (χ3v) is 3.30. The first-order chi connectivity index (χ1) is 7.79. The highest BCUT2D eigenvalue weighted by molar-refractivity contribution is 4.84. The Kier molecular flexibility index (Phi) is 5.22. The monoisotopic (exact) mass is 254 g/mol. The number of hydrogen-bond donors (Lipinski definition) is 1. The third kappa shape index (κ3) is 5.23. The molecule has 0 amide bonds. The molecule has 0 radical (unpaired) electrons. The Morgan fingerprint density at radius 1 is 1.29 bits per heavy atom. The molecule has 1 heterocycles. The maximum atomic E-state index is 12.0. The molecule has 0 bridgehead atoms. The third-order valence-electron chi connectivity index (χ3n) is 3.30. The van der Waals surface area contributed by atoms with Crippen LogP contribution in [0, 0.1) is 0 Å². The molecule has 6 heteroatoms. The summed E-state index contributed by atoms with van der Waals surface area (Å²) in [5.74, 6) is 0. The van der Waals surface area contributed by atoms with E-state index in [-0.39, 0.29) is 18.9 Å². The van der Waals surface area contributed by atoms with Gasteiger partial charge in [-0.1, -0.05) is 0 Å². The summed E-state index contributed by atoms with van der Waals surface area (Å²) in [7, 11) is 3.87. The maximum Gasteiger partial charge on any atom is 0.389 e. The Morgan fingerprint density at radius 3 is 2.53 bits per heavy atom. The van der Waals surface area contributed by atoms with Crippen LogP contribution in [0.1, 0.15) is 19.3 Å². The van der Waals surface area contributed by atoms with Crippen LogP contribution < -0.4 is 0 Å². The maximum absolute atomic E-state index is 12.0. The fourth-order valence-corrected chi connectivity index (χ4v) is 2.16. The lowest BCUT2D eigenvalue weighted by atomic mass is 10.0. The molecule has 3 nitrogen and oxygen atoms in total. The second kappa shape index (κ2) is 6.02. The summed E-state index contributed by atoms with van der Waals surface area (Å²) in [5, 5.41) is 9.92. The van der Waals surface area contributed by atoms with E-state index >= 15 is 0 Å². The highest BCUT2D eigenvalue weighted by atomic mass is 19.4. The lowest BCUT2D eigenvalue weighted by Gasteiger charge is -2.40. The van der Waals surface area contributed by atoms with Crippen molar-refractivity contribution in [3.05, 3.63) is 0 Å². The van der Waals surface area contributed by atoms with Crippen LogP contribution in [-0.2, 0) is 0 Å². The zero-order valence-electron chi connectivity index (χ0n) is 10.4. The van der Waals surface area contributed by atoms with Gasteiger partial charge in [0.1, 0.15) is 0 Å². The number of hydrogen-bond acceptors (Lipinski definition) is 3. The lowest BCUT2D eigenvalue weighted by molar-refractivity contribution is -0.137. The molecular weight excluding hydrogens is 233 g/mol. The van der Waals surface area contributed by atoms with Crippen molar-refractivity contribution in [3.8, 4) is 0 Å². The summed E-state index contributed by atoms with van der Waals surface area (Å²) in [4.78, 5) is 4.12. The minimum absolute atomic E-state index is 0.00127. The predicted molar refractivity (Wildman–Crippen MR) is 59.8 cm³/mol. The molecule has 1 saturated heterocycles. The van der Waals surface area contributed by atoms with Gasteiger partial charge in [-0.25, -0.2) is 0 Å². The quantitative estimate of drug-likeness (QED) is 0.820. The summed E-state index contributed by atoms with van der Waals surface area (Å²) in [6.45, 7) is 2.49. The molecule has 0 aromatic rings. The molecule has 2 atom stereocenters. The van der Waals surface area contributed by atoms with Crippen LogP contribution in [0.5, 0.6) is 0 Å². The van der Waals surface area contributed by atoms with E-state index in [4.69, 9.17) is 0 Å². The number of halogens is 3. The average Bonchev–Trinajstić information content (AvgIpc) is 2.19. The van der Waals surface area contributed by atoms with E-state index in [9.17, 15) is 18.3 Å². The molecule has 0 aliphatic carbocycles. The molecule has 2 unspecified atom stereocenters. The van der Waals surface area contributed by atoms with E-state index in [1.807, 2.05) is 19.0 Å². The van der Waals surface area contributed by atoms with E-state index in [1.165, 1.54) is 0 Å². The van der Waals surface area contributed by atoms with Crippen molar-refractivity contribution < 1.29 is 18.3 Å². The molecule has 0 aromatic carbocycles. The van der Waals surface area contributed by atoms with Gasteiger partial charge < -0.3 is 10.0 Å². The van der Waals surface area contributed by atoms with Gasteiger partial charge in [-0.2, -0.15) is 13.2 Å². The Labute approximate surface area is 100 Å². The number of aliphatic hydroxyl groups is 1. The van der Waals surface area contributed by atoms with Gasteiger partial charge in [0.25, 0.3) is 0 Å². The first-order valence-electron chi connectivity index (χ1n) is 5.93. The normalized spacial score (nSPS) is 26.1. The zero-order chi connectivity index (χ0) is 13.1. The molecule has 1 aliphatic rings. The Balaban J connectivity index is 2.33. The van der Waals surface area contributed by atoms with Crippen molar-refractivity contribution in [1.82, 2.24) is 9.80 Å². The molecule has 1 aliphatic heterocycles. The van der Waals surface area contributed by atoms with Gasteiger partial charge >= 0.3 is 6.18 Å². The van der Waals surface area contributed by atoms with Crippen molar-refractivity contribution in [1.29, 1.82) is 0 Å². The number of likely N-dealkylation sites (N-methyl/N-ethyl adjacent to an activating group) is 2. The first-order valence-corrected chi connectivity index (χ1v) is 5.93. The van der Waals surface area contributed by atoms with Crippen LogP contribution in [0.4, 0.5) is 13.2 Å². The van der Waals surface area contributed by atoms with E-state index in [1.54, 1.807) is 0 Å². The van der Waals surface area contributed by atoms with Gasteiger partial charge in [0.2, 0.25) is 0 Å². The van der Waals surface area contributed by atoms with Crippen LogP contribution in [0.2, 0.25) is 0 Å². The predicted octanol–water partition coefficient (Wildman–Crippen LogP) is 1.33. The van der Waals surface area contributed by atoms with E-state index in [0.29, 0.717) is 6.54 Å². The molecule has 1 N–H and O–H groups in total. The smallest absolute Gasteiger partial charge is 0.389 e. The molecule has 1 fully saturated rings. The topological polar surface area (TPSA) is 26.7 Å². The molecular formula is C11H21F3N2O. The van der Waals surface area contributed by atoms with Crippen molar-refractivity contribution in [2.45, 2.75) is 37.6 Å². The summed E-state index contributed by atoms with van der Waals surface area (Å²) < 4.78 is 36.0. The van der Waals surface area contributed by atoms with Gasteiger partial charge in [0, 0.05) is 32.1 Å². The van der Waals surface area contributed by atoms with Crippen LogP contribution in [0.15, 0.2) is 0 Å². The van der Waals surface area contributed by atoms with Crippen molar-refractivity contribution >= 4 is 0 Å². The molecule has 102 valence electrons. The molecule has 17 heavy (non-hydrogen) atoms. The van der Waals surface area contributed by atoms with Crippen LogP contribution >= 0.6 is 0 Å².